The molecule has 2 N–H and O–H groups in total. The minimum absolute atomic E-state index is 0.0307. The highest BCUT2D eigenvalue weighted by Gasteiger charge is 2.35. The maximum atomic E-state index is 12.8. The Bertz CT molecular complexity index is 1100. The van der Waals surface area contributed by atoms with Gasteiger partial charge in [0, 0.05) is 5.69 Å². The summed E-state index contributed by atoms with van der Waals surface area (Å²) in [5.41, 5.74) is 2.31. The zero-order valence-corrected chi connectivity index (χ0v) is 20.3. The van der Waals surface area contributed by atoms with E-state index in [2.05, 4.69) is 33.2 Å². The average Bonchev–Trinajstić information content (AvgIpc) is 2.96. The third kappa shape index (κ3) is 5.58. The van der Waals surface area contributed by atoms with E-state index < -0.39 is 24.4 Å². The number of halogens is 1. The molecule has 0 spiro atoms. The monoisotopic (exact) mass is 549 g/mol. The van der Waals surface area contributed by atoms with Crippen molar-refractivity contribution in [3.05, 3.63) is 56.8 Å². The number of hydrogen-bond donors (Lipinski definition) is 2. The lowest BCUT2D eigenvalue weighted by atomic mass is 10.1. The molecule has 0 saturated carbocycles. The normalized spacial score (nSPS) is 14.7. The summed E-state index contributed by atoms with van der Waals surface area (Å²) in [4.78, 5) is 38.3. The van der Waals surface area contributed by atoms with Crippen LogP contribution in [-0.4, -0.2) is 42.5 Å². The molecule has 2 aromatic carbocycles. The van der Waals surface area contributed by atoms with Gasteiger partial charge in [-0.2, -0.15) is 0 Å². The molecule has 1 saturated heterocycles. The fourth-order valence-corrected chi connectivity index (χ4v) is 3.87. The molecule has 0 radical (unpaired) electrons. The van der Waals surface area contributed by atoms with Crippen molar-refractivity contribution < 1.29 is 23.9 Å². The van der Waals surface area contributed by atoms with Crippen LogP contribution in [-0.2, 0) is 9.59 Å². The second-order valence-corrected chi connectivity index (χ2v) is 8.66. The zero-order chi connectivity index (χ0) is 23.4. The standard InChI is InChI=1S/C23H24IN3O5/c1-13(2)32-21-17(24)9-15(11-19(21)31-4)10-18-22(29)27(23(30)26-18)12-20(28)25-16-7-5-6-14(3)8-16/h5-11,13H,12H2,1-4H3,(H,25,28)(H,26,30)/b18-10+. The lowest BCUT2D eigenvalue weighted by molar-refractivity contribution is -0.127. The van der Waals surface area contributed by atoms with E-state index in [-0.39, 0.29) is 11.8 Å². The molecule has 32 heavy (non-hydrogen) atoms. The van der Waals surface area contributed by atoms with Gasteiger partial charge in [0.2, 0.25) is 5.91 Å². The highest BCUT2D eigenvalue weighted by atomic mass is 127. The molecule has 3 rings (SSSR count). The fraction of sp³-hybridized carbons (Fsp3) is 0.261. The van der Waals surface area contributed by atoms with Crippen LogP contribution < -0.4 is 20.1 Å². The number of nitrogens with zero attached hydrogens (tertiary/aromatic N) is 1. The van der Waals surface area contributed by atoms with Crippen molar-refractivity contribution in [2.24, 2.45) is 0 Å². The van der Waals surface area contributed by atoms with E-state index >= 15 is 0 Å². The second kappa shape index (κ2) is 10.0. The molecule has 0 bridgehead atoms. The number of hydrogen-bond acceptors (Lipinski definition) is 5. The van der Waals surface area contributed by atoms with Crippen LogP contribution in [0.4, 0.5) is 10.5 Å². The number of ether oxygens (including phenoxy) is 2. The van der Waals surface area contributed by atoms with Crippen LogP contribution in [0.1, 0.15) is 25.0 Å². The zero-order valence-electron chi connectivity index (χ0n) is 18.2. The molecular formula is C23H24IN3O5. The SMILES string of the molecule is COc1cc(/C=C2/NC(=O)N(CC(=O)Nc3cccc(C)c3)C2=O)cc(I)c1OC(C)C. The third-order valence-electron chi connectivity index (χ3n) is 4.48. The van der Waals surface area contributed by atoms with Gasteiger partial charge >= 0.3 is 6.03 Å². The van der Waals surface area contributed by atoms with Crippen molar-refractivity contribution in [2.45, 2.75) is 26.9 Å². The molecule has 8 nitrogen and oxygen atoms in total. The first-order valence-electron chi connectivity index (χ1n) is 9.93. The van der Waals surface area contributed by atoms with Crippen LogP contribution in [0.3, 0.4) is 0 Å². The first-order chi connectivity index (χ1) is 15.2. The van der Waals surface area contributed by atoms with Gasteiger partial charge in [-0.3, -0.25) is 9.59 Å². The molecule has 0 aliphatic carbocycles. The van der Waals surface area contributed by atoms with Crippen LogP contribution in [0.15, 0.2) is 42.1 Å². The summed E-state index contributed by atoms with van der Waals surface area (Å²) < 4.78 is 12.0. The number of methoxy groups -OCH3 is 1. The van der Waals surface area contributed by atoms with E-state index in [1.54, 1.807) is 24.3 Å². The van der Waals surface area contributed by atoms with E-state index in [0.29, 0.717) is 22.7 Å². The predicted octanol–water partition coefficient (Wildman–Crippen LogP) is 3.93. The topological polar surface area (TPSA) is 97.0 Å². The number of nitrogens with one attached hydrogen (secondary N) is 2. The Labute approximate surface area is 200 Å². The van der Waals surface area contributed by atoms with Crippen molar-refractivity contribution in [3.8, 4) is 11.5 Å². The number of aryl methyl sites for hydroxylation is 1. The summed E-state index contributed by atoms with van der Waals surface area (Å²) in [6.07, 6.45) is 1.51. The van der Waals surface area contributed by atoms with Crippen LogP contribution in [0.25, 0.3) is 6.08 Å². The molecule has 1 heterocycles. The molecule has 1 fully saturated rings. The predicted molar refractivity (Wildman–Crippen MR) is 130 cm³/mol. The van der Waals surface area contributed by atoms with Crippen LogP contribution in [0.2, 0.25) is 0 Å². The Balaban J connectivity index is 1.76. The van der Waals surface area contributed by atoms with Gasteiger partial charge < -0.3 is 20.1 Å². The minimum atomic E-state index is -0.651. The maximum Gasteiger partial charge on any atom is 0.329 e. The smallest absolute Gasteiger partial charge is 0.329 e. The summed E-state index contributed by atoms with van der Waals surface area (Å²) in [5, 5.41) is 5.22. The van der Waals surface area contributed by atoms with E-state index in [1.165, 1.54) is 7.11 Å². The van der Waals surface area contributed by atoms with Crippen molar-refractivity contribution in [3.63, 3.8) is 0 Å². The minimum Gasteiger partial charge on any atom is -0.493 e. The fourth-order valence-electron chi connectivity index (χ4n) is 3.12. The first-order valence-corrected chi connectivity index (χ1v) is 11.0. The van der Waals surface area contributed by atoms with Gasteiger partial charge in [0.05, 0.1) is 16.8 Å². The summed E-state index contributed by atoms with van der Waals surface area (Å²) >= 11 is 2.13. The molecule has 168 valence electrons. The van der Waals surface area contributed by atoms with Crippen molar-refractivity contribution in [1.82, 2.24) is 10.2 Å². The van der Waals surface area contributed by atoms with Crippen LogP contribution >= 0.6 is 22.6 Å². The van der Waals surface area contributed by atoms with Gasteiger partial charge in [0.1, 0.15) is 12.2 Å². The molecule has 0 atom stereocenters. The van der Waals surface area contributed by atoms with Gasteiger partial charge in [-0.25, -0.2) is 9.69 Å². The number of carbonyl (C=O) groups excluding carboxylic acids is 3. The molecule has 9 heteroatoms. The van der Waals surface area contributed by atoms with Gasteiger partial charge in [0.15, 0.2) is 11.5 Å². The summed E-state index contributed by atoms with van der Waals surface area (Å²) in [6.45, 7) is 5.35. The van der Waals surface area contributed by atoms with Gasteiger partial charge in [-0.15, -0.1) is 0 Å². The number of benzene rings is 2. The lowest BCUT2D eigenvalue weighted by Crippen LogP contribution is -2.38. The van der Waals surface area contributed by atoms with Crippen molar-refractivity contribution in [1.29, 1.82) is 0 Å². The maximum absolute atomic E-state index is 12.8. The first kappa shape index (κ1) is 23.6. The van der Waals surface area contributed by atoms with Crippen molar-refractivity contribution in [2.75, 3.05) is 19.0 Å². The van der Waals surface area contributed by atoms with Gasteiger partial charge in [-0.1, -0.05) is 12.1 Å². The van der Waals surface area contributed by atoms with Gasteiger partial charge in [0.25, 0.3) is 5.91 Å². The lowest BCUT2D eigenvalue weighted by Gasteiger charge is -2.16. The Morgan fingerprint density at radius 2 is 2.00 bits per heavy atom. The highest BCUT2D eigenvalue weighted by Crippen LogP contribution is 2.35. The number of anilines is 1. The molecule has 1 aliphatic heterocycles. The number of urea groups is 1. The Hall–Kier alpha value is -3.08. The largest absolute Gasteiger partial charge is 0.493 e. The molecule has 2 aromatic rings. The third-order valence-corrected chi connectivity index (χ3v) is 5.28. The Morgan fingerprint density at radius 1 is 1.25 bits per heavy atom. The number of imide groups is 1. The van der Waals surface area contributed by atoms with Crippen LogP contribution in [0.5, 0.6) is 11.5 Å². The second-order valence-electron chi connectivity index (χ2n) is 7.50. The Kier molecular flexibility index (Phi) is 7.39. The average molecular weight is 549 g/mol. The number of amides is 4. The quantitative estimate of drug-likeness (QED) is 0.310. The Morgan fingerprint density at radius 3 is 2.66 bits per heavy atom. The van der Waals surface area contributed by atoms with Crippen LogP contribution in [0, 0.1) is 10.5 Å². The molecule has 0 aromatic heterocycles. The summed E-state index contributed by atoms with van der Waals surface area (Å²) in [5.74, 6) is 0.0859. The van der Waals surface area contributed by atoms with Gasteiger partial charge in [-0.05, 0) is 84.8 Å². The molecule has 0 unspecified atom stereocenters. The molecular weight excluding hydrogens is 525 g/mol. The van der Waals surface area contributed by atoms with Crippen molar-refractivity contribution >= 4 is 52.2 Å². The summed E-state index contributed by atoms with van der Waals surface area (Å²) in [6, 6.07) is 10.1. The van der Waals surface area contributed by atoms with E-state index in [1.807, 2.05) is 39.0 Å². The van der Waals surface area contributed by atoms with E-state index in [9.17, 15) is 14.4 Å². The number of rotatable bonds is 7. The molecule has 4 amide bonds. The number of carbonyl (C=O) groups is 3. The van der Waals surface area contributed by atoms with E-state index in [4.69, 9.17) is 9.47 Å². The highest BCUT2D eigenvalue weighted by molar-refractivity contribution is 14.1. The van der Waals surface area contributed by atoms with E-state index in [0.717, 1.165) is 14.0 Å². The molecule has 1 aliphatic rings. The summed E-state index contributed by atoms with van der Waals surface area (Å²) in [7, 11) is 1.53.